The maximum atomic E-state index is 10.7. The molecule has 2 heterocycles. The maximum absolute atomic E-state index is 10.7. The fourth-order valence-electron chi connectivity index (χ4n) is 2.86. The van der Waals surface area contributed by atoms with E-state index in [1.165, 1.54) is 5.69 Å². The van der Waals surface area contributed by atoms with E-state index >= 15 is 0 Å². The van der Waals surface area contributed by atoms with Gasteiger partial charge in [0.1, 0.15) is 5.60 Å². The Balaban J connectivity index is 1.93. The van der Waals surface area contributed by atoms with E-state index in [9.17, 15) is 5.11 Å². The quantitative estimate of drug-likeness (QED) is 0.478. The van der Waals surface area contributed by atoms with Crippen LogP contribution < -0.4 is 10.6 Å². The van der Waals surface area contributed by atoms with Crippen LogP contribution in [0.5, 0.6) is 0 Å². The normalized spacial score (nSPS) is 15.4. The van der Waals surface area contributed by atoms with Crippen LogP contribution in [-0.2, 0) is 19.2 Å². The van der Waals surface area contributed by atoms with E-state index in [0.717, 1.165) is 30.9 Å². The molecule has 0 spiro atoms. The lowest BCUT2D eigenvalue weighted by Crippen LogP contribution is -2.41. The Hall–Kier alpha value is -2.35. The molecule has 0 saturated carbocycles. The summed E-state index contributed by atoms with van der Waals surface area (Å²) in [6, 6.07) is 2.09. The van der Waals surface area contributed by atoms with Crippen molar-refractivity contribution in [2.24, 2.45) is 18.0 Å². The van der Waals surface area contributed by atoms with Gasteiger partial charge in [-0.15, -0.1) is 0 Å². The first-order valence-corrected chi connectivity index (χ1v) is 9.46. The van der Waals surface area contributed by atoms with Gasteiger partial charge in [-0.1, -0.05) is 6.92 Å². The van der Waals surface area contributed by atoms with Crippen LogP contribution >= 0.6 is 0 Å². The SMILES string of the molecule is CCNC(=NCC(C)(O)c1cnn(C)c1)NCC(C)Cn1nc(C)cc1C. The number of hydrogen-bond donors (Lipinski definition) is 3. The van der Waals surface area contributed by atoms with Gasteiger partial charge in [-0.05, 0) is 39.7 Å². The number of guanidine groups is 1. The second-order valence-electron chi connectivity index (χ2n) is 7.47. The van der Waals surface area contributed by atoms with Gasteiger partial charge in [0, 0.05) is 44.1 Å². The van der Waals surface area contributed by atoms with Crippen LogP contribution in [0.1, 0.15) is 37.7 Å². The molecule has 0 radical (unpaired) electrons. The molecule has 2 rings (SSSR count). The fourth-order valence-corrected chi connectivity index (χ4v) is 2.86. The molecule has 0 aromatic carbocycles. The van der Waals surface area contributed by atoms with Crippen molar-refractivity contribution < 1.29 is 5.11 Å². The van der Waals surface area contributed by atoms with Crippen LogP contribution in [0.3, 0.4) is 0 Å². The zero-order valence-electron chi connectivity index (χ0n) is 17.3. The molecular formula is C19H33N7O. The Bertz CT molecular complexity index is 760. The molecule has 2 unspecified atom stereocenters. The van der Waals surface area contributed by atoms with Crippen molar-refractivity contribution in [2.75, 3.05) is 19.6 Å². The third-order valence-electron chi connectivity index (χ3n) is 4.42. The molecule has 2 aromatic heterocycles. The Morgan fingerprint density at radius 1 is 1.37 bits per heavy atom. The summed E-state index contributed by atoms with van der Waals surface area (Å²) in [5.41, 5.74) is 1.90. The fraction of sp³-hybridized carbons (Fsp3) is 0.632. The minimum atomic E-state index is -1.06. The lowest BCUT2D eigenvalue weighted by Gasteiger charge is -2.21. The van der Waals surface area contributed by atoms with E-state index in [4.69, 9.17) is 0 Å². The average molecular weight is 376 g/mol. The summed E-state index contributed by atoms with van der Waals surface area (Å²) >= 11 is 0. The molecule has 2 atom stereocenters. The maximum Gasteiger partial charge on any atom is 0.191 e. The lowest BCUT2D eigenvalue weighted by molar-refractivity contribution is 0.0671. The largest absolute Gasteiger partial charge is 0.383 e. The van der Waals surface area contributed by atoms with Crippen LogP contribution in [0.4, 0.5) is 0 Å². The molecule has 0 bridgehead atoms. The van der Waals surface area contributed by atoms with Gasteiger partial charge in [0.2, 0.25) is 0 Å². The Morgan fingerprint density at radius 2 is 2.11 bits per heavy atom. The van der Waals surface area contributed by atoms with Crippen molar-refractivity contribution in [3.05, 3.63) is 35.4 Å². The van der Waals surface area contributed by atoms with Crippen molar-refractivity contribution in [2.45, 2.75) is 46.8 Å². The lowest BCUT2D eigenvalue weighted by atomic mass is 10.0. The Kier molecular flexibility index (Phi) is 7.01. The highest BCUT2D eigenvalue weighted by Crippen LogP contribution is 2.19. The molecule has 0 amide bonds. The van der Waals surface area contributed by atoms with E-state index in [1.807, 2.05) is 31.8 Å². The van der Waals surface area contributed by atoms with Crippen molar-refractivity contribution in [3.8, 4) is 0 Å². The molecule has 2 aromatic rings. The van der Waals surface area contributed by atoms with Crippen LogP contribution in [0.25, 0.3) is 0 Å². The summed E-state index contributed by atoms with van der Waals surface area (Å²) in [4.78, 5) is 4.56. The number of aryl methyl sites for hydroxylation is 3. The number of aliphatic imine (C=N–C) groups is 1. The molecule has 0 fully saturated rings. The summed E-state index contributed by atoms with van der Waals surface area (Å²) in [5, 5.41) is 25.9. The minimum Gasteiger partial charge on any atom is -0.383 e. The summed E-state index contributed by atoms with van der Waals surface area (Å²) in [6.07, 6.45) is 3.48. The molecular weight excluding hydrogens is 342 g/mol. The van der Waals surface area contributed by atoms with Gasteiger partial charge in [-0.2, -0.15) is 10.2 Å². The smallest absolute Gasteiger partial charge is 0.191 e. The molecule has 3 N–H and O–H groups in total. The molecule has 0 saturated heterocycles. The van der Waals surface area contributed by atoms with Gasteiger partial charge >= 0.3 is 0 Å². The molecule has 0 aliphatic rings. The van der Waals surface area contributed by atoms with Crippen LogP contribution in [0, 0.1) is 19.8 Å². The number of hydrogen-bond acceptors (Lipinski definition) is 4. The second kappa shape index (κ2) is 9.03. The van der Waals surface area contributed by atoms with E-state index < -0.39 is 5.60 Å². The Morgan fingerprint density at radius 3 is 2.67 bits per heavy atom. The number of aromatic nitrogens is 4. The van der Waals surface area contributed by atoms with E-state index in [2.05, 4.69) is 45.7 Å². The Labute approximate surface area is 161 Å². The van der Waals surface area contributed by atoms with Gasteiger partial charge < -0.3 is 15.7 Å². The number of nitrogens with one attached hydrogen (secondary N) is 2. The monoisotopic (exact) mass is 375 g/mol. The van der Waals surface area contributed by atoms with Crippen molar-refractivity contribution in [3.63, 3.8) is 0 Å². The van der Waals surface area contributed by atoms with Crippen LogP contribution in [0.2, 0.25) is 0 Å². The van der Waals surface area contributed by atoms with Crippen molar-refractivity contribution in [1.29, 1.82) is 0 Å². The number of rotatable bonds is 8. The third-order valence-corrected chi connectivity index (χ3v) is 4.42. The van der Waals surface area contributed by atoms with Crippen molar-refractivity contribution in [1.82, 2.24) is 30.2 Å². The summed E-state index contributed by atoms with van der Waals surface area (Å²) in [7, 11) is 1.83. The molecule has 0 aliphatic carbocycles. The first-order valence-electron chi connectivity index (χ1n) is 9.46. The number of aliphatic hydroxyl groups is 1. The third kappa shape index (κ3) is 6.09. The highest BCUT2D eigenvalue weighted by atomic mass is 16.3. The van der Waals surface area contributed by atoms with Gasteiger partial charge in [0.05, 0.1) is 18.4 Å². The first-order chi connectivity index (χ1) is 12.7. The summed E-state index contributed by atoms with van der Waals surface area (Å²) in [6.45, 7) is 12.7. The first kappa shape index (κ1) is 21.0. The average Bonchev–Trinajstić information content (AvgIpc) is 3.16. The van der Waals surface area contributed by atoms with Crippen LogP contribution in [-0.4, -0.2) is 50.3 Å². The molecule has 8 heteroatoms. The van der Waals surface area contributed by atoms with Crippen molar-refractivity contribution >= 4 is 5.96 Å². The minimum absolute atomic E-state index is 0.250. The van der Waals surface area contributed by atoms with E-state index in [-0.39, 0.29) is 6.54 Å². The van der Waals surface area contributed by atoms with E-state index in [1.54, 1.807) is 17.8 Å². The molecule has 150 valence electrons. The molecule has 8 nitrogen and oxygen atoms in total. The predicted octanol–water partition coefficient (Wildman–Crippen LogP) is 1.33. The summed E-state index contributed by atoms with van der Waals surface area (Å²) < 4.78 is 3.72. The van der Waals surface area contributed by atoms with Crippen LogP contribution in [0.15, 0.2) is 23.5 Å². The van der Waals surface area contributed by atoms with Gasteiger partial charge in [0.15, 0.2) is 5.96 Å². The van der Waals surface area contributed by atoms with E-state index in [0.29, 0.717) is 11.9 Å². The van der Waals surface area contributed by atoms with Gasteiger partial charge in [-0.25, -0.2) is 4.99 Å². The zero-order valence-corrected chi connectivity index (χ0v) is 17.3. The number of nitrogens with zero attached hydrogens (tertiary/aromatic N) is 5. The molecule has 27 heavy (non-hydrogen) atoms. The van der Waals surface area contributed by atoms with Gasteiger partial charge in [0.25, 0.3) is 0 Å². The topological polar surface area (TPSA) is 92.3 Å². The standard InChI is InChI=1S/C19H33N7O/c1-7-20-18(22-13-19(5,27)17-10-23-25(6)12-17)21-9-14(2)11-26-16(4)8-15(3)24-26/h8,10,12,14,27H,7,9,11,13H2,1-6H3,(H2,20,21,22). The van der Waals surface area contributed by atoms with Gasteiger partial charge in [-0.3, -0.25) is 9.36 Å². The predicted molar refractivity (Wildman–Crippen MR) is 108 cm³/mol. The highest BCUT2D eigenvalue weighted by molar-refractivity contribution is 5.79. The highest BCUT2D eigenvalue weighted by Gasteiger charge is 2.24. The molecule has 0 aliphatic heterocycles. The summed E-state index contributed by atoms with van der Waals surface area (Å²) in [5.74, 6) is 1.08. The zero-order chi connectivity index (χ0) is 20.0. The second-order valence-corrected chi connectivity index (χ2v) is 7.47.